The molecule has 0 saturated heterocycles. The molecule has 4 aromatic rings. The number of aromatic nitrogens is 2. The smallest absolute Gasteiger partial charge is 0.387 e. The number of para-hydroxylation sites is 1. The molecule has 3 aromatic carbocycles. The zero-order chi connectivity index (χ0) is 27.9. The standard InChI is InChI=1S/C27H23Cl2F2N3O4S/c28-19-12-20-25(24(29)23(19)17-3-1-2-4-21(17)38-27(30)31)34-26(33-20)18(11-22(32)35)15-7-9-16(10-8-15)39(36,37)13-14-5-6-14/h1-4,7-10,12,14,18,27H,5-6,11,13H2,(H2,32,35)(H,33,34). The molecule has 1 aliphatic carbocycles. The van der Waals surface area contributed by atoms with E-state index in [1.54, 1.807) is 30.3 Å². The van der Waals surface area contributed by atoms with Crippen LogP contribution in [-0.2, 0) is 14.6 Å². The summed E-state index contributed by atoms with van der Waals surface area (Å²) < 4.78 is 56.0. The summed E-state index contributed by atoms with van der Waals surface area (Å²) in [5, 5.41) is 0.286. The van der Waals surface area contributed by atoms with E-state index in [0.717, 1.165) is 12.8 Å². The number of sulfone groups is 1. The molecule has 1 heterocycles. The van der Waals surface area contributed by atoms with Gasteiger partial charge < -0.3 is 15.5 Å². The van der Waals surface area contributed by atoms with E-state index in [-0.39, 0.29) is 49.9 Å². The first-order chi connectivity index (χ1) is 18.5. The van der Waals surface area contributed by atoms with Gasteiger partial charge in [0.2, 0.25) is 5.91 Å². The number of H-pyrrole nitrogens is 1. The Morgan fingerprint density at radius 1 is 1.13 bits per heavy atom. The Kier molecular flexibility index (Phi) is 7.54. The molecule has 3 N–H and O–H groups in total. The molecule has 7 nitrogen and oxygen atoms in total. The highest BCUT2D eigenvalue weighted by Gasteiger charge is 2.30. The number of ether oxygens (including phenoxy) is 1. The van der Waals surface area contributed by atoms with Gasteiger partial charge in [0.15, 0.2) is 9.84 Å². The fourth-order valence-corrected chi connectivity index (χ4v) is 6.95. The van der Waals surface area contributed by atoms with Crippen LogP contribution < -0.4 is 10.5 Å². The molecule has 1 aliphatic rings. The molecule has 0 bridgehead atoms. The number of carbonyl (C=O) groups is 1. The van der Waals surface area contributed by atoms with Gasteiger partial charge >= 0.3 is 6.61 Å². The number of benzene rings is 3. The minimum atomic E-state index is -3.40. The third-order valence-electron chi connectivity index (χ3n) is 6.59. The van der Waals surface area contributed by atoms with Gasteiger partial charge in [0, 0.05) is 17.5 Å². The maximum absolute atomic E-state index is 13.0. The predicted molar refractivity (Wildman–Crippen MR) is 145 cm³/mol. The van der Waals surface area contributed by atoms with E-state index in [0.29, 0.717) is 22.4 Å². The molecule has 204 valence electrons. The number of fused-ring (bicyclic) bond motifs is 1. The highest BCUT2D eigenvalue weighted by Crippen LogP contribution is 2.44. The number of primary amides is 1. The molecule has 5 rings (SSSR count). The number of aromatic amines is 1. The van der Waals surface area contributed by atoms with Crippen molar-refractivity contribution in [1.29, 1.82) is 0 Å². The summed E-state index contributed by atoms with van der Waals surface area (Å²) in [6.07, 6.45) is 1.73. The highest BCUT2D eigenvalue weighted by atomic mass is 35.5. The van der Waals surface area contributed by atoms with Crippen LogP contribution in [-0.4, -0.2) is 36.7 Å². The fraction of sp³-hybridized carbons (Fsp3) is 0.259. The zero-order valence-electron chi connectivity index (χ0n) is 20.3. The molecular weight excluding hydrogens is 571 g/mol. The van der Waals surface area contributed by atoms with Crippen LogP contribution in [0.3, 0.4) is 0 Å². The van der Waals surface area contributed by atoms with Crippen molar-refractivity contribution in [3.63, 3.8) is 0 Å². The lowest BCUT2D eigenvalue weighted by atomic mass is 9.95. The van der Waals surface area contributed by atoms with Crippen molar-refractivity contribution in [1.82, 2.24) is 9.97 Å². The van der Waals surface area contributed by atoms with Crippen LogP contribution in [0.1, 0.15) is 36.6 Å². The number of imidazole rings is 1. The molecular formula is C27H23Cl2F2N3O4S. The van der Waals surface area contributed by atoms with E-state index >= 15 is 0 Å². The van der Waals surface area contributed by atoms with Crippen LogP contribution in [0.15, 0.2) is 59.5 Å². The summed E-state index contributed by atoms with van der Waals surface area (Å²) in [5.41, 5.74) is 7.45. The second-order valence-corrected chi connectivity index (χ2v) is 12.3. The Bertz CT molecular complexity index is 1660. The average Bonchev–Trinajstić information content (AvgIpc) is 3.57. The Labute approximate surface area is 233 Å². The van der Waals surface area contributed by atoms with Gasteiger partial charge in [-0.2, -0.15) is 8.78 Å². The van der Waals surface area contributed by atoms with Crippen LogP contribution in [0.2, 0.25) is 10.0 Å². The molecule has 1 saturated carbocycles. The molecule has 1 aromatic heterocycles. The maximum atomic E-state index is 13.0. The maximum Gasteiger partial charge on any atom is 0.387 e. The van der Waals surface area contributed by atoms with Crippen molar-refractivity contribution in [2.45, 2.75) is 36.7 Å². The minimum absolute atomic E-state index is 0.0984. The molecule has 1 fully saturated rings. The molecule has 0 aliphatic heterocycles. The van der Waals surface area contributed by atoms with Gasteiger partial charge in [0.1, 0.15) is 11.6 Å². The number of amides is 1. The van der Waals surface area contributed by atoms with Crippen molar-refractivity contribution < 1.29 is 26.7 Å². The lowest BCUT2D eigenvalue weighted by Gasteiger charge is -2.14. The zero-order valence-corrected chi connectivity index (χ0v) is 22.7. The molecule has 12 heteroatoms. The molecule has 1 amide bonds. The van der Waals surface area contributed by atoms with Crippen molar-refractivity contribution in [3.05, 3.63) is 76.0 Å². The van der Waals surface area contributed by atoms with Crippen LogP contribution in [0.5, 0.6) is 5.75 Å². The first kappa shape index (κ1) is 27.4. The average molecular weight is 594 g/mol. The number of hydrogen-bond donors (Lipinski definition) is 2. The fourth-order valence-electron chi connectivity index (χ4n) is 4.56. The first-order valence-electron chi connectivity index (χ1n) is 12.1. The van der Waals surface area contributed by atoms with E-state index in [1.165, 1.54) is 24.3 Å². The van der Waals surface area contributed by atoms with Gasteiger partial charge in [-0.05, 0) is 48.6 Å². The van der Waals surface area contributed by atoms with Gasteiger partial charge in [-0.1, -0.05) is 53.5 Å². The molecule has 0 spiro atoms. The summed E-state index contributed by atoms with van der Waals surface area (Å²) in [4.78, 5) is 19.9. The summed E-state index contributed by atoms with van der Waals surface area (Å²) >= 11 is 13.2. The monoisotopic (exact) mass is 593 g/mol. The third-order valence-corrected chi connectivity index (χ3v) is 9.17. The van der Waals surface area contributed by atoms with Crippen molar-refractivity contribution in [2.24, 2.45) is 11.7 Å². The number of halogens is 4. The first-order valence-corrected chi connectivity index (χ1v) is 14.5. The summed E-state index contributed by atoms with van der Waals surface area (Å²) in [6.45, 7) is -3.05. The van der Waals surface area contributed by atoms with E-state index < -0.39 is 28.3 Å². The molecule has 1 atom stereocenters. The van der Waals surface area contributed by atoms with E-state index in [4.69, 9.17) is 28.9 Å². The number of nitrogens with two attached hydrogens (primary N) is 1. The van der Waals surface area contributed by atoms with Gasteiger partial charge in [0.05, 0.1) is 37.6 Å². The summed E-state index contributed by atoms with van der Waals surface area (Å²) in [6, 6.07) is 14.0. The normalized spacial score (nSPS) is 14.6. The Morgan fingerprint density at radius 3 is 2.46 bits per heavy atom. The Hall–Kier alpha value is -3.21. The van der Waals surface area contributed by atoms with Gasteiger partial charge in [0.25, 0.3) is 0 Å². The number of carbonyl (C=O) groups excluding carboxylic acids is 1. The Morgan fingerprint density at radius 2 is 1.82 bits per heavy atom. The highest BCUT2D eigenvalue weighted by molar-refractivity contribution is 7.91. The van der Waals surface area contributed by atoms with E-state index in [9.17, 15) is 22.0 Å². The molecule has 0 radical (unpaired) electrons. The van der Waals surface area contributed by atoms with Gasteiger partial charge in [-0.3, -0.25) is 4.79 Å². The summed E-state index contributed by atoms with van der Waals surface area (Å²) in [5.74, 6) is -0.642. The molecule has 1 unspecified atom stereocenters. The Balaban J connectivity index is 1.55. The quantitative estimate of drug-likeness (QED) is 0.223. The predicted octanol–water partition coefficient (Wildman–Crippen LogP) is 6.33. The second kappa shape index (κ2) is 10.7. The topological polar surface area (TPSA) is 115 Å². The van der Waals surface area contributed by atoms with Gasteiger partial charge in [-0.25, -0.2) is 13.4 Å². The van der Waals surface area contributed by atoms with Crippen LogP contribution in [0.4, 0.5) is 8.78 Å². The number of nitrogens with zero attached hydrogens (tertiary/aromatic N) is 1. The van der Waals surface area contributed by atoms with E-state index in [2.05, 4.69) is 14.7 Å². The van der Waals surface area contributed by atoms with Crippen LogP contribution in [0.25, 0.3) is 22.2 Å². The van der Waals surface area contributed by atoms with Crippen molar-refractivity contribution in [2.75, 3.05) is 5.75 Å². The number of nitrogens with one attached hydrogen (secondary N) is 1. The third kappa shape index (κ3) is 5.88. The van der Waals surface area contributed by atoms with Crippen molar-refractivity contribution >= 4 is 50.0 Å². The van der Waals surface area contributed by atoms with Crippen LogP contribution in [0, 0.1) is 5.92 Å². The number of hydrogen-bond acceptors (Lipinski definition) is 5. The SMILES string of the molecule is NC(=O)CC(c1ccc(S(=O)(=O)CC2CC2)cc1)c1nc2cc(Cl)c(-c3ccccc3OC(F)F)c(Cl)c2[nH]1. The summed E-state index contributed by atoms with van der Waals surface area (Å²) in [7, 11) is -3.40. The second-order valence-electron chi connectivity index (χ2n) is 9.46. The number of alkyl halides is 2. The lowest BCUT2D eigenvalue weighted by Crippen LogP contribution is -2.17. The minimum Gasteiger partial charge on any atom is -0.434 e. The van der Waals surface area contributed by atoms with Crippen molar-refractivity contribution in [3.8, 4) is 16.9 Å². The van der Waals surface area contributed by atoms with E-state index in [1.807, 2.05) is 0 Å². The lowest BCUT2D eigenvalue weighted by molar-refractivity contribution is -0.118. The molecule has 39 heavy (non-hydrogen) atoms. The van der Waals surface area contributed by atoms with Crippen LogP contribution >= 0.6 is 23.2 Å². The largest absolute Gasteiger partial charge is 0.434 e. The number of rotatable bonds is 10. The van der Waals surface area contributed by atoms with Gasteiger partial charge in [-0.15, -0.1) is 0 Å².